The summed E-state index contributed by atoms with van der Waals surface area (Å²) in [6.45, 7) is 3.63. The Balaban J connectivity index is 1.86. The second-order valence-corrected chi connectivity index (χ2v) is 12.2. The third-order valence-corrected chi connectivity index (χ3v) is 10.2. The number of hydrogen-bond acceptors (Lipinski definition) is 5. The number of rotatable bonds is 5. The summed E-state index contributed by atoms with van der Waals surface area (Å²) >= 11 is 0. The Morgan fingerprint density at radius 2 is 1.19 bits per heavy atom. The molecule has 1 heterocycles. The van der Waals surface area contributed by atoms with Crippen molar-refractivity contribution in [2.24, 2.45) is 0 Å². The van der Waals surface area contributed by atoms with Gasteiger partial charge in [0.2, 0.25) is 0 Å². The minimum absolute atomic E-state index is 0.0593. The number of hydrogen-bond donors (Lipinski definition) is 0. The molecule has 0 amide bonds. The lowest BCUT2D eigenvalue weighted by Crippen LogP contribution is -2.37. The molecule has 31 heavy (non-hydrogen) atoms. The van der Waals surface area contributed by atoms with Crippen LogP contribution in [0.25, 0.3) is 0 Å². The molecule has 8 heteroatoms. The van der Waals surface area contributed by atoms with Gasteiger partial charge in [-0.2, -0.15) is 3.71 Å². The van der Waals surface area contributed by atoms with Gasteiger partial charge in [0.05, 0.1) is 27.7 Å². The van der Waals surface area contributed by atoms with Crippen LogP contribution in [0.3, 0.4) is 0 Å². The standard InChI is InChI=1S/C23H27NO5S2/c1-18-6-10-21(11-7-18)30(25,26)24(31(27,28)22-12-8-19(2)9-13-22)20-16-23(29-17-20)14-4-3-5-15-23/h6-13,16H,3-5,14-15,17H2,1-2H3. The van der Waals surface area contributed by atoms with Crippen molar-refractivity contribution in [2.75, 3.05) is 6.61 Å². The van der Waals surface area contributed by atoms with Crippen LogP contribution in [0.15, 0.2) is 70.1 Å². The van der Waals surface area contributed by atoms with Crippen molar-refractivity contribution < 1.29 is 21.6 Å². The molecule has 1 aliphatic carbocycles. The number of benzene rings is 2. The summed E-state index contributed by atoms with van der Waals surface area (Å²) in [5.41, 5.74) is 1.34. The van der Waals surface area contributed by atoms with Crippen LogP contribution in [-0.2, 0) is 24.8 Å². The second kappa shape index (κ2) is 8.07. The lowest BCUT2D eigenvalue weighted by molar-refractivity contribution is -0.00481. The van der Waals surface area contributed by atoms with Crippen molar-refractivity contribution in [3.63, 3.8) is 0 Å². The topological polar surface area (TPSA) is 80.8 Å². The summed E-state index contributed by atoms with van der Waals surface area (Å²) in [5, 5.41) is 0. The molecule has 0 radical (unpaired) electrons. The highest BCUT2D eigenvalue weighted by atomic mass is 32.3. The van der Waals surface area contributed by atoms with E-state index in [1.807, 2.05) is 13.8 Å². The van der Waals surface area contributed by atoms with Crippen LogP contribution in [0.1, 0.15) is 43.2 Å². The minimum Gasteiger partial charge on any atom is -0.365 e. The molecular weight excluding hydrogens is 434 g/mol. The van der Waals surface area contributed by atoms with Crippen LogP contribution in [0, 0.1) is 13.8 Å². The minimum atomic E-state index is -4.38. The van der Waals surface area contributed by atoms with Crippen molar-refractivity contribution in [2.45, 2.75) is 61.3 Å². The summed E-state index contributed by atoms with van der Waals surface area (Å²) in [6, 6.07) is 12.4. The summed E-state index contributed by atoms with van der Waals surface area (Å²) in [7, 11) is -8.75. The molecule has 0 bridgehead atoms. The van der Waals surface area contributed by atoms with Gasteiger partial charge in [-0.05, 0) is 57.0 Å². The van der Waals surface area contributed by atoms with Crippen molar-refractivity contribution in [1.29, 1.82) is 0 Å². The molecule has 166 valence electrons. The third-order valence-electron chi connectivity index (χ3n) is 5.95. The van der Waals surface area contributed by atoms with Crippen LogP contribution in [-0.4, -0.2) is 32.8 Å². The summed E-state index contributed by atoms with van der Waals surface area (Å²) < 4.78 is 61.2. The molecule has 0 saturated heterocycles. The van der Waals surface area contributed by atoms with Gasteiger partial charge in [-0.15, -0.1) is 0 Å². The number of aryl methyl sites for hydroxylation is 2. The van der Waals surface area contributed by atoms with Gasteiger partial charge < -0.3 is 4.74 Å². The van der Waals surface area contributed by atoms with E-state index in [9.17, 15) is 16.8 Å². The summed E-state index contributed by atoms with van der Waals surface area (Å²) in [4.78, 5) is -0.140. The van der Waals surface area contributed by atoms with E-state index >= 15 is 0 Å². The van der Waals surface area contributed by atoms with E-state index in [4.69, 9.17) is 4.74 Å². The Labute approximate surface area is 184 Å². The summed E-state index contributed by atoms with van der Waals surface area (Å²) in [6.07, 6.45) is 6.29. The highest BCUT2D eigenvalue weighted by molar-refractivity contribution is 8.04. The highest BCUT2D eigenvalue weighted by Crippen LogP contribution is 2.41. The van der Waals surface area contributed by atoms with Crippen LogP contribution in [0.4, 0.5) is 0 Å². The van der Waals surface area contributed by atoms with E-state index in [0.29, 0.717) is 3.71 Å². The lowest BCUT2D eigenvalue weighted by atomic mass is 9.85. The maximum Gasteiger partial charge on any atom is 0.277 e. The molecule has 1 aliphatic heterocycles. The van der Waals surface area contributed by atoms with Crippen LogP contribution in [0.2, 0.25) is 0 Å². The first-order valence-corrected chi connectivity index (χ1v) is 13.3. The first-order valence-electron chi connectivity index (χ1n) is 10.4. The van der Waals surface area contributed by atoms with Crippen molar-refractivity contribution in [1.82, 2.24) is 3.71 Å². The normalized spacial score (nSPS) is 18.7. The Hall–Kier alpha value is -2.16. The lowest BCUT2D eigenvalue weighted by Gasteiger charge is -2.30. The molecular formula is C23H27NO5S2. The van der Waals surface area contributed by atoms with Crippen molar-refractivity contribution in [3.05, 3.63) is 71.4 Å². The Kier molecular flexibility index (Phi) is 5.74. The van der Waals surface area contributed by atoms with E-state index in [0.717, 1.165) is 43.2 Å². The Bertz CT molecular complexity index is 1120. The first-order chi connectivity index (χ1) is 14.6. The summed E-state index contributed by atoms with van der Waals surface area (Å²) in [5.74, 6) is 0. The van der Waals surface area contributed by atoms with Gasteiger partial charge in [0.15, 0.2) is 0 Å². The molecule has 6 nitrogen and oxygen atoms in total. The average molecular weight is 462 g/mol. The molecule has 0 aromatic heterocycles. The molecule has 4 rings (SSSR count). The van der Waals surface area contributed by atoms with Gasteiger partial charge in [0.25, 0.3) is 20.0 Å². The van der Waals surface area contributed by atoms with Gasteiger partial charge in [-0.1, -0.05) is 54.7 Å². The van der Waals surface area contributed by atoms with E-state index in [1.54, 1.807) is 30.3 Å². The van der Waals surface area contributed by atoms with Crippen LogP contribution < -0.4 is 0 Å². The first kappa shape index (κ1) is 22.0. The quantitative estimate of drug-likeness (QED) is 0.663. The monoisotopic (exact) mass is 461 g/mol. The molecule has 1 spiro atoms. The second-order valence-electron chi connectivity index (χ2n) is 8.38. The molecule has 2 aromatic carbocycles. The molecule has 2 aromatic rings. The van der Waals surface area contributed by atoms with E-state index < -0.39 is 25.6 Å². The molecule has 2 aliphatic rings. The van der Waals surface area contributed by atoms with Gasteiger partial charge in [-0.25, -0.2) is 16.8 Å². The van der Waals surface area contributed by atoms with Crippen molar-refractivity contribution >= 4 is 20.0 Å². The molecule has 0 atom stereocenters. The Morgan fingerprint density at radius 3 is 1.65 bits per heavy atom. The Morgan fingerprint density at radius 1 is 0.742 bits per heavy atom. The van der Waals surface area contributed by atoms with Crippen LogP contribution >= 0.6 is 0 Å². The van der Waals surface area contributed by atoms with Crippen molar-refractivity contribution in [3.8, 4) is 0 Å². The molecule has 0 N–H and O–H groups in total. The van der Waals surface area contributed by atoms with E-state index in [-0.39, 0.29) is 22.1 Å². The fraction of sp³-hybridized carbons (Fsp3) is 0.391. The maximum atomic E-state index is 13.6. The highest BCUT2D eigenvalue weighted by Gasteiger charge is 2.44. The van der Waals surface area contributed by atoms with E-state index in [1.165, 1.54) is 24.3 Å². The molecule has 0 unspecified atom stereocenters. The van der Waals surface area contributed by atoms with Gasteiger partial charge in [-0.3, -0.25) is 0 Å². The largest absolute Gasteiger partial charge is 0.365 e. The fourth-order valence-corrected chi connectivity index (χ4v) is 7.92. The maximum absolute atomic E-state index is 13.6. The third kappa shape index (κ3) is 4.16. The predicted molar refractivity (Wildman–Crippen MR) is 118 cm³/mol. The smallest absolute Gasteiger partial charge is 0.277 e. The molecule has 1 fully saturated rings. The van der Waals surface area contributed by atoms with Crippen LogP contribution in [0.5, 0.6) is 0 Å². The SMILES string of the molecule is Cc1ccc(S(=O)(=O)N(C2=CC3(CCCCC3)OC2)S(=O)(=O)c2ccc(C)cc2)cc1. The predicted octanol–water partition coefficient (Wildman–Crippen LogP) is 4.30. The number of ether oxygens (including phenoxy) is 1. The molecule has 1 saturated carbocycles. The van der Waals surface area contributed by atoms with Gasteiger partial charge in [0.1, 0.15) is 0 Å². The zero-order valence-corrected chi connectivity index (χ0v) is 19.4. The number of nitrogens with zero attached hydrogens (tertiary/aromatic N) is 1. The zero-order chi connectivity index (χ0) is 22.3. The van der Waals surface area contributed by atoms with Gasteiger partial charge in [0, 0.05) is 0 Å². The average Bonchev–Trinajstić information content (AvgIpc) is 3.11. The zero-order valence-electron chi connectivity index (χ0n) is 17.7. The fourth-order valence-electron chi connectivity index (χ4n) is 4.20. The van der Waals surface area contributed by atoms with E-state index in [2.05, 4.69) is 0 Å². The van der Waals surface area contributed by atoms with Gasteiger partial charge >= 0.3 is 0 Å². The number of sulfonamides is 2.